The number of pyridine rings is 1. The summed E-state index contributed by atoms with van der Waals surface area (Å²) < 4.78 is 0. The molecule has 1 aromatic carbocycles. The van der Waals surface area contributed by atoms with Crippen LogP contribution in [0.2, 0.25) is 0 Å². The van der Waals surface area contributed by atoms with Crippen molar-refractivity contribution in [1.82, 2.24) is 20.1 Å². The molecule has 1 aliphatic rings. The number of anilines is 1. The third kappa shape index (κ3) is 3.62. The Morgan fingerprint density at radius 2 is 1.85 bits per heavy atom. The summed E-state index contributed by atoms with van der Waals surface area (Å²) in [6.07, 6.45) is 3.55. The van der Waals surface area contributed by atoms with Crippen molar-refractivity contribution in [3.63, 3.8) is 0 Å². The van der Waals surface area contributed by atoms with Crippen LogP contribution in [0, 0.1) is 0 Å². The van der Waals surface area contributed by atoms with E-state index in [1.807, 2.05) is 47.4 Å². The lowest BCUT2D eigenvalue weighted by Crippen LogP contribution is -2.49. The van der Waals surface area contributed by atoms with Gasteiger partial charge in [-0.25, -0.2) is 4.98 Å². The van der Waals surface area contributed by atoms with Crippen LogP contribution in [0.3, 0.4) is 0 Å². The summed E-state index contributed by atoms with van der Waals surface area (Å²) in [4.78, 5) is 21.1. The number of carbonyl (C=O) groups excluding carboxylic acids is 1. The van der Waals surface area contributed by atoms with E-state index in [0.717, 1.165) is 47.8 Å². The van der Waals surface area contributed by atoms with Crippen LogP contribution in [0.5, 0.6) is 0 Å². The molecule has 1 fully saturated rings. The number of piperazine rings is 1. The number of aromatic nitrogens is 3. The van der Waals surface area contributed by atoms with Crippen molar-refractivity contribution < 1.29 is 4.79 Å². The van der Waals surface area contributed by atoms with Crippen molar-refractivity contribution in [2.45, 2.75) is 5.03 Å². The molecule has 0 radical (unpaired) electrons. The maximum absolute atomic E-state index is 12.6. The molecule has 3 heterocycles. The van der Waals surface area contributed by atoms with Crippen molar-refractivity contribution in [3.05, 3.63) is 54.9 Å². The maximum Gasteiger partial charge on any atom is 0.233 e. The molecule has 0 atom stereocenters. The van der Waals surface area contributed by atoms with Crippen LogP contribution in [0.15, 0.2) is 59.9 Å². The molecule has 2 aromatic heterocycles. The van der Waals surface area contributed by atoms with E-state index in [-0.39, 0.29) is 5.91 Å². The first kappa shape index (κ1) is 16.8. The average molecular weight is 365 g/mol. The van der Waals surface area contributed by atoms with Crippen LogP contribution in [0.25, 0.3) is 10.8 Å². The molecule has 7 heteroatoms. The molecular formula is C19H19N5OS. The van der Waals surface area contributed by atoms with Gasteiger partial charge in [-0.05, 0) is 12.1 Å². The van der Waals surface area contributed by atoms with Crippen LogP contribution in [-0.4, -0.2) is 57.9 Å². The Morgan fingerprint density at radius 3 is 2.65 bits per heavy atom. The third-order valence-corrected chi connectivity index (χ3v) is 5.44. The topological polar surface area (TPSA) is 62.2 Å². The highest BCUT2D eigenvalue weighted by Crippen LogP contribution is 2.25. The monoisotopic (exact) mass is 365 g/mol. The first-order valence-electron chi connectivity index (χ1n) is 8.58. The van der Waals surface area contributed by atoms with Crippen LogP contribution in [-0.2, 0) is 4.79 Å². The number of carbonyl (C=O) groups is 1. The zero-order valence-electron chi connectivity index (χ0n) is 14.3. The summed E-state index contributed by atoms with van der Waals surface area (Å²) in [5.41, 5.74) is 0. The van der Waals surface area contributed by atoms with Crippen LogP contribution < -0.4 is 4.90 Å². The van der Waals surface area contributed by atoms with E-state index in [9.17, 15) is 4.79 Å². The predicted molar refractivity (Wildman–Crippen MR) is 103 cm³/mol. The second kappa shape index (κ2) is 7.70. The largest absolute Gasteiger partial charge is 0.353 e. The Hall–Kier alpha value is -2.67. The van der Waals surface area contributed by atoms with E-state index in [0.29, 0.717) is 5.75 Å². The zero-order valence-corrected chi connectivity index (χ0v) is 15.1. The van der Waals surface area contributed by atoms with Gasteiger partial charge in [0.15, 0.2) is 0 Å². The average Bonchev–Trinajstić information content (AvgIpc) is 2.73. The van der Waals surface area contributed by atoms with Gasteiger partial charge in [0.05, 0.1) is 11.9 Å². The van der Waals surface area contributed by atoms with Gasteiger partial charge in [0.1, 0.15) is 10.8 Å². The van der Waals surface area contributed by atoms with Crippen molar-refractivity contribution in [2.24, 2.45) is 0 Å². The van der Waals surface area contributed by atoms with E-state index < -0.39 is 0 Å². The Kier molecular flexibility index (Phi) is 4.97. The minimum absolute atomic E-state index is 0.144. The summed E-state index contributed by atoms with van der Waals surface area (Å²) in [5, 5.41) is 11.1. The molecule has 0 unspecified atom stereocenters. The smallest absolute Gasteiger partial charge is 0.233 e. The van der Waals surface area contributed by atoms with Gasteiger partial charge >= 0.3 is 0 Å². The predicted octanol–water partition coefficient (Wildman–Crippen LogP) is 2.47. The van der Waals surface area contributed by atoms with E-state index in [1.165, 1.54) is 11.8 Å². The molecule has 26 heavy (non-hydrogen) atoms. The van der Waals surface area contributed by atoms with Crippen molar-refractivity contribution in [1.29, 1.82) is 0 Å². The molecule has 1 aliphatic heterocycles. The molecular weight excluding hydrogens is 346 g/mol. The lowest BCUT2D eigenvalue weighted by Gasteiger charge is -2.35. The van der Waals surface area contributed by atoms with Gasteiger partial charge in [-0.1, -0.05) is 42.1 Å². The van der Waals surface area contributed by atoms with Crippen molar-refractivity contribution in [3.8, 4) is 0 Å². The fourth-order valence-corrected chi connectivity index (χ4v) is 3.94. The van der Waals surface area contributed by atoms with Crippen LogP contribution >= 0.6 is 11.8 Å². The lowest BCUT2D eigenvalue weighted by molar-refractivity contribution is -0.128. The minimum atomic E-state index is 0.144. The van der Waals surface area contributed by atoms with Gasteiger partial charge in [-0.3, -0.25) is 4.79 Å². The Morgan fingerprint density at radius 1 is 1.04 bits per heavy atom. The highest BCUT2D eigenvalue weighted by Gasteiger charge is 2.22. The molecule has 0 aliphatic carbocycles. The molecule has 0 bridgehead atoms. The molecule has 6 nitrogen and oxygen atoms in total. The molecule has 4 rings (SSSR count). The van der Waals surface area contributed by atoms with Gasteiger partial charge in [-0.2, -0.15) is 5.10 Å². The zero-order chi connectivity index (χ0) is 17.8. The van der Waals surface area contributed by atoms with Crippen LogP contribution in [0.4, 0.5) is 5.82 Å². The molecule has 0 N–H and O–H groups in total. The molecule has 1 saturated heterocycles. The first-order chi connectivity index (χ1) is 12.8. The SMILES string of the molecule is O=C(CSc1nncc2ccccc12)N1CCN(c2ccccn2)CC1. The second-order valence-corrected chi connectivity index (χ2v) is 7.05. The molecule has 0 saturated carbocycles. The number of hydrogen-bond acceptors (Lipinski definition) is 6. The highest BCUT2D eigenvalue weighted by atomic mass is 32.2. The second-order valence-electron chi connectivity index (χ2n) is 6.08. The first-order valence-corrected chi connectivity index (χ1v) is 9.57. The number of hydrogen-bond donors (Lipinski definition) is 0. The molecule has 0 spiro atoms. The fraction of sp³-hybridized carbons (Fsp3) is 0.263. The summed E-state index contributed by atoms with van der Waals surface area (Å²) in [5.74, 6) is 1.50. The number of nitrogens with zero attached hydrogens (tertiary/aromatic N) is 5. The fourth-order valence-electron chi connectivity index (χ4n) is 3.06. The maximum atomic E-state index is 12.6. The summed E-state index contributed by atoms with van der Waals surface area (Å²) in [6, 6.07) is 13.9. The lowest BCUT2D eigenvalue weighted by atomic mass is 10.2. The van der Waals surface area contributed by atoms with Gasteiger partial charge in [0.2, 0.25) is 5.91 Å². The summed E-state index contributed by atoms with van der Waals surface area (Å²) >= 11 is 1.46. The number of rotatable bonds is 4. The number of benzene rings is 1. The Labute approximate surface area is 156 Å². The summed E-state index contributed by atoms with van der Waals surface area (Å²) in [7, 11) is 0. The summed E-state index contributed by atoms with van der Waals surface area (Å²) in [6.45, 7) is 3.05. The molecule has 132 valence electrons. The van der Waals surface area contributed by atoms with Gasteiger partial charge in [0, 0.05) is 43.1 Å². The van der Waals surface area contributed by atoms with E-state index in [4.69, 9.17) is 0 Å². The van der Waals surface area contributed by atoms with Crippen molar-refractivity contribution in [2.75, 3.05) is 36.8 Å². The normalized spacial score (nSPS) is 14.6. The minimum Gasteiger partial charge on any atom is -0.353 e. The quantitative estimate of drug-likeness (QED) is 0.662. The van der Waals surface area contributed by atoms with E-state index in [1.54, 1.807) is 12.4 Å². The third-order valence-electron chi connectivity index (χ3n) is 4.47. The van der Waals surface area contributed by atoms with Crippen LogP contribution in [0.1, 0.15) is 0 Å². The van der Waals surface area contributed by atoms with E-state index >= 15 is 0 Å². The number of amides is 1. The molecule has 1 amide bonds. The van der Waals surface area contributed by atoms with E-state index in [2.05, 4.69) is 20.1 Å². The Balaban J connectivity index is 1.34. The van der Waals surface area contributed by atoms with Gasteiger partial charge in [-0.15, -0.1) is 5.10 Å². The molecule has 3 aromatic rings. The number of thioether (sulfide) groups is 1. The van der Waals surface area contributed by atoms with Crippen molar-refractivity contribution >= 4 is 34.3 Å². The Bertz CT molecular complexity index is 891. The highest BCUT2D eigenvalue weighted by molar-refractivity contribution is 8.00. The van der Waals surface area contributed by atoms with Gasteiger partial charge in [0.25, 0.3) is 0 Å². The number of fused-ring (bicyclic) bond motifs is 1. The standard InChI is InChI=1S/C19H19N5OS/c25-18(14-26-19-16-6-2-1-5-15(16)13-21-22-19)24-11-9-23(10-12-24)17-7-3-4-8-20-17/h1-8,13H,9-12,14H2. The van der Waals surface area contributed by atoms with Gasteiger partial charge < -0.3 is 9.80 Å².